The SMILES string of the molecule is O=S(=O)([O-])c1cccc(Nc2nc(NCCO)nc(Nc3ccc(C=Cc4ccc(Nc5nc(NCCO)nc(Nc6cccc(S(=O)(=O)[O-])c6)n5)cc4S(=O)(=O)[O-])c(S(=O)(=O)[O-])c3)n2)c1.[Na+].[Na+].[Na+].[Na+]. The molecule has 2 aromatic heterocycles. The molecule has 0 amide bonds. The van der Waals surface area contributed by atoms with Crippen molar-refractivity contribution >= 4 is 111 Å². The Morgan fingerprint density at radius 3 is 1.00 bits per heavy atom. The van der Waals surface area contributed by atoms with E-state index < -0.39 is 60.1 Å². The van der Waals surface area contributed by atoms with Gasteiger partial charge in [-0.05, 0) is 71.8 Å². The molecule has 70 heavy (non-hydrogen) atoms. The van der Waals surface area contributed by atoms with E-state index in [9.17, 15) is 62.1 Å². The van der Waals surface area contributed by atoms with Crippen LogP contribution in [0, 0.1) is 0 Å². The molecule has 0 saturated heterocycles. The van der Waals surface area contributed by atoms with E-state index in [1.165, 1.54) is 48.5 Å². The zero-order chi connectivity index (χ0) is 47.9. The normalized spacial score (nSPS) is 11.5. The predicted octanol–water partition coefficient (Wildman–Crippen LogP) is -10.4. The van der Waals surface area contributed by atoms with Crippen molar-refractivity contribution in [2.75, 3.05) is 58.2 Å². The Balaban J connectivity index is 0.00000420. The van der Waals surface area contributed by atoms with Crippen LogP contribution in [0.4, 0.5) is 58.4 Å². The molecule has 2 heterocycles. The van der Waals surface area contributed by atoms with Crippen LogP contribution in [-0.2, 0) is 40.5 Å². The molecule has 26 nitrogen and oxygen atoms in total. The van der Waals surface area contributed by atoms with Gasteiger partial charge in [0, 0.05) is 35.8 Å². The van der Waals surface area contributed by atoms with Crippen molar-refractivity contribution in [2.45, 2.75) is 19.6 Å². The summed E-state index contributed by atoms with van der Waals surface area (Å²) in [6.07, 6.45) is 2.14. The summed E-state index contributed by atoms with van der Waals surface area (Å²) in [6, 6.07) is 16.4. The Kier molecular flexibility index (Phi) is 24.6. The van der Waals surface area contributed by atoms with E-state index in [-0.39, 0.29) is 214 Å². The van der Waals surface area contributed by atoms with Crippen LogP contribution < -0.4 is 150 Å². The first-order chi connectivity index (χ1) is 31.1. The minimum Gasteiger partial charge on any atom is -0.744 e. The van der Waals surface area contributed by atoms with Crippen molar-refractivity contribution in [3.63, 3.8) is 0 Å². The number of aromatic nitrogens is 6. The van der Waals surface area contributed by atoms with Crippen molar-refractivity contribution in [1.29, 1.82) is 0 Å². The number of nitrogens with one attached hydrogen (secondary N) is 6. The maximum absolute atomic E-state index is 12.5. The standard InChI is InChI=1S/C36H36N12O14S4.4Na/c49-15-13-37-31-43-33(39-23-3-1-5-27(17-23)63(51,52)53)47-35(45-31)41-25-11-9-21(29(19-25)65(57,58)59)7-8-22-10-12-26(20-30(22)66(60,61)62)42-36-46-32(38-14-16-50)44-34(48-36)40-24-4-2-6-28(18-24)64(54,55)56;;;;/h1-12,17-20,49-50H,13-16H2,(H,51,52,53)(H,54,55,56)(H,57,58,59)(H,60,61,62)(H3,37,39,41,43,45,47)(H3,38,40,42,44,46,48);;;;/q;4*+1/p-4. The van der Waals surface area contributed by atoms with Crippen molar-refractivity contribution < 1.29 is 180 Å². The molecule has 0 unspecified atom stereocenters. The summed E-state index contributed by atoms with van der Waals surface area (Å²) in [6.45, 7) is -0.722. The first kappa shape index (κ1) is 63.1. The van der Waals surface area contributed by atoms with Crippen LogP contribution in [0.15, 0.2) is 105 Å². The van der Waals surface area contributed by atoms with Gasteiger partial charge >= 0.3 is 118 Å². The molecule has 0 saturated carbocycles. The molecule has 34 heteroatoms. The Bertz CT molecular complexity index is 3080. The van der Waals surface area contributed by atoms with E-state index in [0.717, 1.165) is 48.6 Å². The molecule has 0 bridgehead atoms. The molecule has 0 aliphatic heterocycles. The van der Waals surface area contributed by atoms with Gasteiger partial charge in [-0.15, -0.1) is 0 Å². The molecule has 4 aromatic carbocycles. The topological polar surface area (TPSA) is 419 Å². The Morgan fingerprint density at radius 2 is 0.714 bits per heavy atom. The minimum absolute atomic E-state index is 0. The van der Waals surface area contributed by atoms with Gasteiger partial charge in [-0.1, -0.05) is 36.4 Å². The molecule has 6 rings (SSSR count). The largest absolute Gasteiger partial charge is 1.00 e. The summed E-state index contributed by atoms with van der Waals surface area (Å²) in [5, 5.41) is 34.8. The number of anilines is 10. The molecule has 0 radical (unpaired) electrons. The van der Waals surface area contributed by atoms with Gasteiger partial charge < -0.3 is 60.3 Å². The average Bonchev–Trinajstić information content (AvgIpc) is 3.23. The van der Waals surface area contributed by atoms with Gasteiger partial charge in [0.15, 0.2) is 0 Å². The second-order valence-corrected chi connectivity index (χ2v) is 18.6. The maximum atomic E-state index is 12.5. The zero-order valence-corrected chi connectivity index (χ0v) is 48.4. The molecule has 0 aliphatic carbocycles. The molecular formula is C36H32N12Na4O14S4. The van der Waals surface area contributed by atoms with Crippen LogP contribution in [0.25, 0.3) is 12.2 Å². The fraction of sp³-hybridized carbons (Fsp3) is 0.111. The van der Waals surface area contributed by atoms with Crippen LogP contribution >= 0.6 is 0 Å². The van der Waals surface area contributed by atoms with Gasteiger partial charge in [-0.3, -0.25) is 0 Å². The zero-order valence-electron chi connectivity index (χ0n) is 37.2. The number of hydrogen-bond donors (Lipinski definition) is 8. The van der Waals surface area contributed by atoms with E-state index >= 15 is 0 Å². The summed E-state index contributed by atoms with van der Waals surface area (Å²) < 4.78 is 144. The molecule has 8 N–H and O–H groups in total. The van der Waals surface area contributed by atoms with Crippen LogP contribution in [0.2, 0.25) is 0 Å². The number of benzene rings is 4. The van der Waals surface area contributed by atoms with Crippen molar-refractivity contribution in [2.24, 2.45) is 0 Å². The van der Waals surface area contributed by atoms with E-state index in [2.05, 4.69) is 61.8 Å². The fourth-order valence-electron chi connectivity index (χ4n) is 5.56. The molecule has 6 aromatic rings. The van der Waals surface area contributed by atoms with Crippen molar-refractivity contribution in [1.82, 2.24) is 29.9 Å². The monoisotopic (exact) mass is 1080 g/mol. The molecule has 0 atom stereocenters. The van der Waals surface area contributed by atoms with E-state index in [1.54, 1.807) is 0 Å². The second kappa shape index (κ2) is 27.3. The van der Waals surface area contributed by atoms with Crippen LogP contribution in [0.3, 0.4) is 0 Å². The Hall–Kier alpha value is -3.00. The Morgan fingerprint density at radius 1 is 0.414 bits per heavy atom. The quantitative estimate of drug-likeness (QED) is 0.0200. The first-order valence-corrected chi connectivity index (χ1v) is 24.0. The molecule has 0 aliphatic rings. The summed E-state index contributed by atoms with van der Waals surface area (Å²) in [5.41, 5.74) is -0.420. The van der Waals surface area contributed by atoms with E-state index in [4.69, 9.17) is 0 Å². The third kappa shape index (κ3) is 18.5. The van der Waals surface area contributed by atoms with Gasteiger partial charge in [0.1, 0.15) is 40.5 Å². The number of aliphatic hydroxyl groups is 2. The van der Waals surface area contributed by atoms with Crippen molar-refractivity contribution in [3.8, 4) is 0 Å². The van der Waals surface area contributed by atoms with E-state index in [1.807, 2.05) is 0 Å². The summed E-state index contributed by atoms with van der Waals surface area (Å²) in [4.78, 5) is 22.2. The average molecular weight is 1080 g/mol. The molecular weight excluding hydrogens is 1040 g/mol. The fourth-order valence-corrected chi connectivity index (χ4v) is 7.98. The molecule has 348 valence electrons. The van der Waals surface area contributed by atoms with Crippen LogP contribution in [-0.4, -0.2) is 118 Å². The minimum atomic E-state index is -5.25. The van der Waals surface area contributed by atoms with Crippen LogP contribution in [0.5, 0.6) is 0 Å². The third-order valence-electron chi connectivity index (χ3n) is 8.34. The Labute approximate surface area is 489 Å². The smallest absolute Gasteiger partial charge is 0.744 e. The predicted molar refractivity (Wildman–Crippen MR) is 230 cm³/mol. The number of aliphatic hydroxyl groups excluding tert-OH is 2. The summed E-state index contributed by atoms with van der Waals surface area (Å²) in [5.74, 6) is -1.14. The first-order valence-electron chi connectivity index (χ1n) is 18.4. The molecule has 0 fully saturated rings. The second-order valence-electron chi connectivity index (χ2n) is 13.1. The van der Waals surface area contributed by atoms with Gasteiger partial charge in [0.2, 0.25) is 35.7 Å². The third-order valence-corrected chi connectivity index (χ3v) is 11.8. The summed E-state index contributed by atoms with van der Waals surface area (Å²) in [7, 11) is -20.1. The van der Waals surface area contributed by atoms with Gasteiger partial charge in [0.05, 0.1) is 32.8 Å². The van der Waals surface area contributed by atoms with Gasteiger partial charge in [-0.25, -0.2) is 33.7 Å². The van der Waals surface area contributed by atoms with Crippen LogP contribution in [0.1, 0.15) is 11.1 Å². The van der Waals surface area contributed by atoms with Gasteiger partial charge in [-0.2, -0.15) is 29.9 Å². The number of hydrogen-bond acceptors (Lipinski definition) is 26. The summed E-state index contributed by atoms with van der Waals surface area (Å²) >= 11 is 0. The molecule has 0 spiro atoms. The maximum Gasteiger partial charge on any atom is 1.00 e. The number of nitrogens with zero attached hydrogens (tertiary/aromatic N) is 6. The van der Waals surface area contributed by atoms with E-state index in [0.29, 0.717) is 0 Å². The van der Waals surface area contributed by atoms with Gasteiger partial charge in [0.25, 0.3) is 0 Å². The number of rotatable bonds is 20. The van der Waals surface area contributed by atoms with Crippen molar-refractivity contribution in [3.05, 3.63) is 96.1 Å².